The Bertz CT molecular complexity index is 1160. The number of nitrogens with one attached hydrogen (secondary N) is 1. The van der Waals surface area contributed by atoms with Gasteiger partial charge in [-0.15, -0.1) is 0 Å². The number of nitrogens with zero attached hydrogens (tertiary/aromatic N) is 4. The Hall–Kier alpha value is -2.92. The fraction of sp³-hybridized carbons (Fsp3) is 0.190. The summed E-state index contributed by atoms with van der Waals surface area (Å²) in [6.07, 6.45) is 0. The summed E-state index contributed by atoms with van der Waals surface area (Å²) in [6.45, 7) is 8.16. The minimum Gasteiger partial charge on any atom is -0.337 e. The molecule has 6 heteroatoms. The second kappa shape index (κ2) is 6.67. The first-order chi connectivity index (χ1) is 12.9. The van der Waals surface area contributed by atoms with Gasteiger partial charge in [-0.05, 0) is 69.2 Å². The first kappa shape index (κ1) is 17.5. The van der Waals surface area contributed by atoms with Gasteiger partial charge in [0.25, 0.3) is 0 Å². The summed E-state index contributed by atoms with van der Waals surface area (Å²) in [7, 11) is 0. The number of hydrogen-bond donors (Lipinski definition) is 1. The van der Waals surface area contributed by atoms with E-state index in [0.29, 0.717) is 16.7 Å². The SMILES string of the molecule is Cc1cc(C)n(-c2nc3cc(Cl)ccc3nc2Nc2cccc(C)c2C)n1. The Morgan fingerprint density at radius 3 is 2.48 bits per heavy atom. The Balaban J connectivity index is 1.94. The fourth-order valence-corrected chi connectivity index (χ4v) is 3.27. The van der Waals surface area contributed by atoms with E-state index >= 15 is 0 Å². The number of hydrogen-bond acceptors (Lipinski definition) is 4. The monoisotopic (exact) mass is 377 g/mol. The van der Waals surface area contributed by atoms with E-state index in [1.807, 2.05) is 54.9 Å². The van der Waals surface area contributed by atoms with Crippen molar-refractivity contribution in [2.45, 2.75) is 27.7 Å². The number of benzene rings is 2. The molecule has 2 aromatic heterocycles. The third-order valence-corrected chi connectivity index (χ3v) is 4.91. The molecular formula is C21H20ClN5. The van der Waals surface area contributed by atoms with E-state index in [1.165, 1.54) is 11.1 Å². The highest BCUT2D eigenvalue weighted by molar-refractivity contribution is 6.31. The fourth-order valence-electron chi connectivity index (χ4n) is 3.11. The summed E-state index contributed by atoms with van der Waals surface area (Å²) < 4.78 is 1.82. The standard InChI is InChI=1S/C21H20ClN5/c1-12-6-5-7-17(15(12)4)23-20-21(27-14(3)10-13(2)26-27)25-19-11-16(22)8-9-18(19)24-20/h5-11H,1-4H3,(H,23,24). The van der Waals surface area contributed by atoms with Gasteiger partial charge in [-0.2, -0.15) is 5.10 Å². The van der Waals surface area contributed by atoms with Crippen molar-refractivity contribution in [3.63, 3.8) is 0 Å². The predicted molar refractivity (Wildman–Crippen MR) is 110 cm³/mol. The van der Waals surface area contributed by atoms with Crippen LogP contribution in [0.1, 0.15) is 22.5 Å². The number of aromatic nitrogens is 4. The van der Waals surface area contributed by atoms with Crippen LogP contribution in [0.15, 0.2) is 42.5 Å². The van der Waals surface area contributed by atoms with Crippen LogP contribution in [0, 0.1) is 27.7 Å². The molecule has 0 saturated carbocycles. The minimum atomic E-state index is 0.631. The number of anilines is 2. The smallest absolute Gasteiger partial charge is 0.197 e. The van der Waals surface area contributed by atoms with Gasteiger partial charge in [0.15, 0.2) is 11.6 Å². The van der Waals surface area contributed by atoms with Crippen LogP contribution in [-0.2, 0) is 0 Å². The molecule has 0 unspecified atom stereocenters. The van der Waals surface area contributed by atoms with E-state index in [4.69, 9.17) is 21.6 Å². The number of halogens is 1. The maximum atomic E-state index is 6.15. The molecular weight excluding hydrogens is 358 g/mol. The largest absolute Gasteiger partial charge is 0.337 e. The van der Waals surface area contributed by atoms with E-state index in [1.54, 1.807) is 0 Å². The molecule has 0 atom stereocenters. The van der Waals surface area contributed by atoms with E-state index in [2.05, 4.69) is 30.3 Å². The molecule has 1 N–H and O–H groups in total. The molecule has 136 valence electrons. The normalized spacial score (nSPS) is 11.1. The molecule has 0 fully saturated rings. The summed E-state index contributed by atoms with van der Waals surface area (Å²) in [5.74, 6) is 1.31. The molecule has 0 amide bonds. The molecule has 0 bridgehead atoms. The van der Waals surface area contributed by atoms with Gasteiger partial charge in [0, 0.05) is 16.4 Å². The van der Waals surface area contributed by atoms with Gasteiger partial charge < -0.3 is 5.32 Å². The van der Waals surface area contributed by atoms with Gasteiger partial charge in [0.05, 0.1) is 16.7 Å². The van der Waals surface area contributed by atoms with Crippen LogP contribution in [-0.4, -0.2) is 19.7 Å². The summed E-state index contributed by atoms with van der Waals surface area (Å²) in [5, 5.41) is 8.68. The Morgan fingerprint density at radius 2 is 1.74 bits per heavy atom. The summed E-state index contributed by atoms with van der Waals surface area (Å²) in [5.41, 5.74) is 6.82. The zero-order valence-corrected chi connectivity index (χ0v) is 16.5. The maximum Gasteiger partial charge on any atom is 0.197 e. The van der Waals surface area contributed by atoms with E-state index < -0.39 is 0 Å². The van der Waals surface area contributed by atoms with Crippen molar-refractivity contribution in [2.24, 2.45) is 0 Å². The highest BCUT2D eigenvalue weighted by Gasteiger charge is 2.15. The maximum absolute atomic E-state index is 6.15. The van der Waals surface area contributed by atoms with Crippen molar-refractivity contribution < 1.29 is 0 Å². The highest BCUT2D eigenvalue weighted by atomic mass is 35.5. The Morgan fingerprint density at radius 1 is 0.926 bits per heavy atom. The van der Waals surface area contributed by atoms with Crippen molar-refractivity contribution in [2.75, 3.05) is 5.32 Å². The molecule has 4 aromatic rings. The van der Waals surface area contributed by atoms with Crippen LogP contribution >= 0.6 is 11.6 Å². The van der Waals surface area contributed by atoms with Crippen molar-refractivity contribution in [3.05, 3.63) is 70.0 Å². The number of rotatable bonds is 3. The van der Waals surface area contributed by atoms with Gasteiger partial charge in [-0.1, -0.05) is 23.7 Å². The van der Waals surface area contributed by atoms with Gasteiger partial charge in [0.1, 0.15) is 0 Å². The molecule has 0 aliphatic rings. The van der Waals surface area contributed by atoms with Gasteiger partial charge in [-0.25, -0.2) is 14.6 Å². The molecule has 0 aliphatic heterocycles. The summed E-state index contributed by atoms with van der Waals surface area (Å²) in [6, 6.07) is 13.7. The topological polar surface area (TPSA) is 55.6 Å². The van der Waals surface area contributed by atoms with Gasteiger partial charge in [0.2, 0.25) is 0 Å². The molecule has 0 saturated heterocycles. The van der Waals surface area contributed by atoms with Gasteiger partial charge in [-0.3, -0.25) is 0 Å². The highest BCUT2D eigenvalue weighted by Crippen LogP contribution is 2.28. The van der Waals surface area contributed by atoms with Crippen molar-refractivity contribution >= 4 is 34.1 Å². The Kier molecular flexibility index (Phi) is 4.32. The first-order valence-corrected chi connectivity index (χ1v) is 9.14. The lowest BCUT2D eigenvalue weighted by Crippen LogP contribution is -2.09. The molecule has 5 nitrogen and oxygen atoms in total. The molecule has 2 aromatic carbocycles. The molecule has 4 rings (SSSR count). The third-order valence-electron chi connectivity index (χ3n) is 4.68. The lowest BCUT2D eigenvalue weighted by Gasteiger charge is -2.15. The zero-order valence-electron chi connectivity index (χ0n) is 15.7. The Labute approximate surface area is 163 Å². The molecule has 0 aliphatic carbocycles. The molecule has 2 heterocycles. The zero-order chi connectivity index (χ0) is 19.1. The van der Waals surface area contributed by atoms with Crippen LogP contribution in [0.25, 0.3) is 16.9 Å². The van der Waals surface area contributed by atoms with Crippen LogP contribution < -0.4 is 5.32 Å². The molecule has 0 radical (unpaired) electrons. The average Bonchev–Trinajstić information content (AvgIpc) is 2.96. The summed E-state index contributed by atoms with van der Waals surface area (Å²) in [4.78, 5) is 9.64. The van der Waals surface area contributed by atoms with Crippen LogP contribution in [0.4, 0.5) is 11.5 Å². The van der Waals surface area contributed by atoms with Crippen molar-refractivity contribution in [1.29, 1.82) is 0 Å². The van der Waals surface area contributed by atoms with E-state index in [0.717, 1.165) is 28.1 Å². The first-order valence-electron chi connectivity index (χ1n) is 8.76. The van der Waals surface area contributed by atoms with Crippen LogP contribution in [0.3, 0.4) is 0 Å². The van der Waals surface area contributed by atoms with Crippen molar-refractivity contribution in [3.8, 4) is 5.82 Å². The molecule has 0 spiro atoms. The average molecular weight is 378 g/mol. The number of aryl methyl sites for hydroxylation is 3. The quantitative estimate of drug-likeness (QED) is 0.516. The second-order valence-electron chi connectivity index (χ2n) is 6.74. The second-order valence-corrected chi connectivity index (χ2v) is 7.18. The molecule has 27 heavy (non-hydrogen) atoms. The van der Waals surface area contributed by atoms with E-state index in [-0.39, 0.29) is 0 Å². The third kappa shape index (κ3) is 3.26. The lowest BCUT2D eigenvalue weighted by molar-refractivity contribution is 0.808. The van der Waals surface area contributed by atoms with Crippen LogP contribution in [0.2, 0.25) is 5.02 Å². The minimum absolute atomic E-state index is 0.631. The van der Waals surface area contributed by atoms with Crippen molar-refractivity contribution in [1.82, 2.24) is 19.7 Å². The van der Waals surface area contributed by atoms with E-state index in [9.17, 15) is 0 Å². The summed E-state index contributed by atoms with van der Waals surface area (Å²) >= 11 is 6.15. The number of fused-ring (bicyclic) bond motifs is 1. The lowest BCUT2D eigenvalue weighted by atomic mass is 10.1. The predicted octanol–water partition coefficient (Wildman–Crippen LogP) is 5.45. The van der Waals surface area contributed by atoms with Crippen LogP contribution in [0.5, 0.6) is 0 Å². The van der Waals surface area contributed by atoms with Gasteiger partial charge >= 0.3 is 0 Å².